The van der Waals surface area contributed by atoms with E-state index in [0.29, 0.717) is 22.8 Å². The second kappa shape index (κ2) is 8.54. The monoisotopic (exact) mass is 419 g/mol. The Hall–Kier alpha value is -3.39. The molecular weight excluding hydrogens is 398 g/mol. The van der Waals surface area contributed by atoms with Crippen LogP contribution in [0.1, 0.15) is 28.5 Å². The summed E-state index contributed by atoms with van der Waals surface area (Å²) in [6, 6.07) is 14.9. The van der Waals surface area contributed by atoms with Crippen molar-refractivity contribution in [2.24, 2.45) is 0 Å². The first-order valence-corrected chi connectivity index (χ1v) is 10.3. The lowest BCUT2D eigenvalue weighted by Crippen LogP contribution is -2.13. The highest BCUT2D eigenvalue weighted by Crippen LogP contribution is 2.32. The number of anilines is 1. The molecule has 0 radical (unpaired) electrons. The Labute approximate surface area is 178 Å². The van der Waals surface area contributed by atoms with Crippen molar-refractivity contribution in [1.29, 1.82) is 0 Å². The number of aryl methyl sites for hydroxylation is 1. The van der Waals surface area contributed by atoms with Crippen molar-refractivity contribution in [2.45, 2.75) is 30.2 Å². The molecule has 0 saturated heterocycles. The maximum atomic E-state index is 12.6. The normalized spacial score (nSPS) is 10.9. The van der Waals surface area contributed by atoms with Gasteiger partial charge in [-0.3, -0.25) is 4.79 Å². The predicted molar refractivity (Wildman–Crippen MR) is 116 cm³/mol. The zero-order valence-corrected chi connectivity index (χ0v) is 17.7. The van der Waals surface area contributed by atoms with Crippen LogP contribution in [0, 0.1) is 6.92 Å². The molecule has 0 spiro atoms. The van der Waals surface area contributed by atoms with Crippen LogP contribution in [-0.4, -0.2) is 32.6 Å². The van der Waals surface area contributed by atoms with E-state index in [1.807, 2.05) is 43.3 Å². The van der Waals surface area contributed by atoms with Crippen LogP contribution >= 0.6 is 11.8 Å². The molecule has 0 fully saturated rings. The van der Waals surface area contributed by atoms with E-state index in [1.165, 1.54) is 6.33 Å². The molecule has 0 aliphatic carbocycles. The van der Waals surface area contributed by atoms with Gasteiger partial charge in [0.15, 0.2) is 0 Å². The highest BCUT2D eigenvalue weighted by Gasteiger charge is 2.15. The number of para-hydroxylation sites is 1. The second-order valence-corrected chi connectivity index (χ2v) is 7.65. The number of carbonyl (C=O) groups excluding carboxylic acids is 1. The molecule has 7 nitrogen and oxygen atoms in total. The SMILES string of the molecule is CCc1c(C)nc2ncnn2c1Sc1ccc(NC(=O)c2ccccc2OC)cc1. The number of amides is 1. The molecule has 0 bridgehead atoms. The van der Waals surface area contributed by atoms with Crippen LogP contribution in [-0.2, 0) is 6.42 Å². The van der Waals surface area contributed by atoms with Gasteiger partial charge in [-0.2, -0.15) is 14.6 Å². The zero-order chi connectivity index (χ0) is 21.1. The summed E-state index contributed by atoms with van der Waals surface area (Å²) in [5, 5.41) is 8.24. The smallest absolute Gasteiger partial charge is 0.259 e. The van der Waals surface area contributed by atoms with Gasteiger partial charge in [-0.15, -0.1) is 0 Å². The number of nitrogens with zero attached hydrogens (tertiary/aromatic N) is 4. The van der Waals surface area contributed by atoms with Gasteiger partial charge in [-0.05, 0) is 49.7 Å². The number of ether oxygens (including phenoxy) is 1. The average Bonchev–Trinajstić information content (AvgIpc) is 3.23. The number of methoxy groups -OCH3 is 1. The van der Waals surface area contributed by atoms with E-state index in [9.17, 15) is 4.79 Å². The molecular formula is C22H21N5O2S. The van der Waals surface area contributed by atoms with Gasteiger partial charge in [0.1, 0.15) is 17.1 Å². The summed E-state index contributed by atoms with van der Waals surface area (Å²) >= 11 is 1.60. The van der Waals surface area contributed by atoms with Crippen molar-refractivity contribution in [3.8, 4) is 5.75 Å². The first kappa shape index (κ1) is 19.9. The maximum Gasteiger partial charge on any atom is 0.259 e. The molecule has 0 aliphatic heterocycles. The first-order chi connectivity index (χ1) is 14.6. The summed E-state index contributed by atoms with van der Waals surface area (Å²) in [6.07, 6.45) is 2.37. The number of hydrogen-bond donors (Lipinski definition) is 1. The Bertz CT molecular complexity index is 1200. The predicted octanol–water partition coefficient (Wildman–Crippen LogP) is 4.41. The molecule has 8 heteroatoms. The number of aromatic nitrogens is 4. The average molecular weight is 420 g/mol. The lowest BCUT2D eigenvalue weighted by atomic mass is 10.2. The highest BCUT2D eigenvalue weighted by atomic mass is 32.2. The summed E-state index contributed by atoms with van der Waals surface area (Å²) in [6.45, 7) is 4.10. The van der Waals surface area contributed by atoms with Gasteiger partial charge in [0.25, 0.3) is 11.7 Å². The van der Waals surface area contributed by atoms with Crippen LogP contribution in [0.15, 0.2) is 64.8 Å². The van der Waals surface area contributed by atoms with Crippen molar-refractivity contribution >= 4 is 29.1 Å². The van der Waals surface area contributed by atoms with Gasteiger partial charge in [-0.1, -0.05) is 30.8 Å². The second-order valence-electron chi connectivity index (χ2n) is 6.59. The Morgan fingerprint density at radius 2 is 1.93 bits per heavy atom. The molecule has 0 saturated carbocycles. The first-order valence-electron chi connectivity index (χ1n) is 9.52. The molecule has 2 heterocycles. The summed E-state index contributed by atoms with van der Waals surface area (Å²) in [5.74, 6) is 0.919. The summed E-state index contributed by atoms with van der Waals surface area (Å²) in [7, 11) is 1.55. The lowest BCUT2D eigenvalue weighted by Gasteiger charge is -2.12. The van der Waals surface area contributed by atoms with Gasteiger partial charge in [-0.25, -0.2) is 4.98 Å². The Morgan fingerprint density at radius 3 is 2.67 bits per heavy atom. The molecule has 0 unspecified atom stereocenters. The van der Waals surface area contributed by atoms with Gasteiger partial charge in [0.2, 0.25) is 0 Å². The number of benzene rings is 2. The fourth-order valence-electron chi connectivity index (χ4n) is 3.22. The topological polar surface area (TPSA) is 81.4 Å². The fraction of sp³-hybridized carbons (Fsp3) is 0.182. The number of rotatable bonds is 6. The molecule has 0 atom stereocenters. The number of fused-ring (bicyclic) bond motifs is 1. The van der Waals surface area contributed by atoms with Gasteiger partial charge >= 0.3 is 0 Å². The number of hydrogen-bond acceptors (Lipinski definition) is 6. The van der Waals surface area contributed by atoms with E-state index in [-0.39, 0.29) is 5.91 Å². The third-order valence-electron chi connectivity index (χ3n) is 4.72. The quantitative estimate of drug-likeness (QED) is 0.466. The third-order valence-corrected chi connectivity index (χ3v) is 5.84. The molecule has 1 N–H and O–H groups in total. The standard InChI is InChI=1S/C22H21N5O2S/c1-4-17-14(2)25-22-23-13-24-27(22)21(17)30-16-11-9-15(10-12-16)26-20(28)18-7-5-6-8-19(18)29-3/h5-13H,4H2,1-3H3,(H,26,28). The molecule has 4 rings (SSSR count). The van der Waals surface area contributed by atoms with Crippen LogP contribution in [0.3, 0.4) is 0 Å². The van der Waals surface area contributed by atoms with Gasteiger partial charge in [0, 0.05) is 21.8 Å². The van der Waals surface area contributed by atoms with Crippen molar-refractivity contribution in [3.63, 3.8) is 0 Å². The minimum Gasteiger partial charge on any atom is -0.496 e. The van der Waals surface area contributed by atoms with Gasteiger partial charge in [0.05, 0.1) is 12.7 Å². The van der Waals surface area contributed by atoms with E-state index < -0.39 is 0 Å². The van der Waals surface area contributed by atoms with E-state index in [1.54, 1.807) is 35.5 Å². The van der Waals surface area contributed by atoms with E-state index >= 15 is 0 Å². The number of carbonyl (C=O) groups is 1. The molecule has 4 aromatic rings. The zero-order valence-electron chi connectivity index (χ0n) is 16.9. The van der Waals surface area contributed by atoms with E-state index in [0.717, 1.165) is 27.6 Å². The largest absolute Gasteiger partial charge is 0.496 e. The minimum atomic E-state index is -0.213. The van der Waals surface area contributed by atoms with Crippen molar-refractivity contribution < 1.29 is 9.53 Å². The van der Waals surface area contributed by atoms with Crippen molar-refractivity contribution in [1.82, 2.24) is 19.6 Å². The molecule has 30 heavy (non-hydrogen) atoms. The maximum absolute atomic E-state index is 12.6. The Morgan fingerprint density at radius 1 is 1.17 bits per heavy atom. The van der Waals surface area contributed by atoms with Crippen LogP contribution in [0.2, 0.25) is 0 Å². The van der Waals surface area contributed by atoms with Crippen molar-refractivity contribution in [2.75, 3.05) is 12.4 Å². The fourth-order valence-corrected chi connectivity index (χ4v) is 4.34. The van der Waals surface area contributed by atoms with Crippen LogP contribution in [0.25, 0.3) is 5.78 Å². The minimum absolute atomic E-state index is 0.213. The summed E-state index contributed by atoms with van der Waals surface area (Å²) in [5.41, 5.74) is 3.31. The van der Waals surface area contributed by atoms with E-state index in [4.69, 9.17) is 4.74 Å². The summed E-state index contributed by atoms with van der Waals surface area (Å²) in [4.78, 5) is 22.3. The van der Waals surface area contributed by atoms with Crippen LogP contribution in [0.5, 0.6) is 5.75 Å². The molecule has 0 aliphatic rings. The van der Waals surface area contributed by atoms with Gasteiger partial charge < -0.3 is 10.1 Å². The van der Waals surface area contributed by atoms with Crippen LogP contribution < -0.4 is 10.1 Å². The molecule has 152 valence electrons. The molecule has 1 amide bonds. The summed E-state index contributed by atoms with van der Waals surface area (Å²) < 4.78 is 7.04. The Balaban J connectivity index is 1.56. The molecule has 2 aromatic carbocycles. The molecule has 2 aromatic heterocycles. The number of nitrogens with one attached hydrogen (secondary N) is 1. The lowest BCUT2D eigenvalue weighted by molar-refractivity contribution is 0.102. The third kappa shape index (κ3) is 3.86. The van der Waals surface area contributed by atoms with Crippen molar-refractivity contribution in [3.05, 3.63) is 71.7 Å². The van der Waals surface area contributed by atoms with Crippen LogP contribution in [0.4, 0.5) is 5.69 Å². The van der Waals surface area contributed by atoms with E-state index in [2.05, 4.69) is 27.3 Å². The Kier molecular flexibility index (Phi) is 5.67. The highest BCUT2D eigenvalue weighted by molar-refractivity contribution is 7.99.